The van der Waals surface area contributed by atoms with Gasteiger partial charge in [-0.25, -0.2) is 4.79 Å². The monoisotopic (exact) mass is 398 g/mol. The van der Waals surface area contributed by atoms with Crippen LogP contribution in [-0.4, -0.2) is 24.6 Å². The van der Waals surface area contributed by atoms with Gasteiger partial charge >= 0.3 is 12.6 Å². The van der Waals surface area contributed by atoms with E-state index >= 15 is 0 Å². The van der Waals surface area contributed by atoms with Gasteiger partial charge in [0, 0.05) is 23.8 Å². The lowest BCUT2D eigenvalue weighted by atomic mass is 10.2. The highest BCUT2D eigenvalue weighted by molar-refractivity contribution is 9.10. The van der Waals surface area contributed by atoms with Gasteiger partial charge in [-0.1, -0.05) is 28.1 Å². The number of hydrogen-bond acceptors (Lipinski definition) is 2. The Bertz CT molecular complexity index is 708. The molecule has 7 heteroatoms. The zero-order chi connectivity index (χ0) is 17.7. The van der Waals surface area contributed by atoms with Gasteiger partial charge in [-0.05, 0) is 48.4 Å². The number of nitrogens with one attached hydrogen (secondary N) is 1. The number of alkyl halides is 2. The lowest BCUT2D eigenvalue weighted by molar-refractivity contribution is -0.0498. The van der Waals surface area contributed by atoms with E-state index in [9.17, 15) is 13.6 Å². The largest absolute Gasteiger partial charge is 0.435 e. The van der Waals surface area contributed by atoms with Gasteiger partial charge in [0.15, 0.2) is 0 Å². The molecule has 0 bridgehead atoms. The number of ether oxygens (including phenoxy) is 1. The first-order chi connectivity index (χ1) is 11.3. The zero-order valence-electron chi connectivity index (χ0n) is 13.2. The maximum Gasteiger partial charge on any atom is 0.387 e. The van der Waals surface area contributed by atoms with Crippen LogP contribution < -0.4 is 10.1 Å². The topological polar surface area (TPSA) is 41.6 Å². The Kier molecular flexibility index (Phi) is 6.14. The van der Waals surface area contributed by atoms with Crippen LogP contribution in [-0.2, 0) is 6.54 Å². The van der Waals surface area contributed by atoms with Crippen LogP contribution in [0.3, 0.4) is 0 Å². The summed E-state index contributed by atoms with van der Waals surface area (Å²) < 4.78 is 29.5. The Morgan fingerprint density at radius 1 is 1.25 bits per heavy atom. The van der Waals surface area contributed by atoms with Crippen molar-refractivity contribution in [2.75, 3.05) is 12.4 Å². The van der Waals surface area contributed by atoms with Gasteiger partial charge < -0.3 is 15.0 Å². The summed E-state index contributed by atoms with van der Waals surface area (Å²) in [7, 11) is 1.66. The summed E-state index contributed by atoms with van der Waals surface area (Å²) >= 11 is 3.41. The van der Waals surface area contributed by atoms with Crippen molar-refractivity contribution in [1.29, 1.82) is 0 Å². The van der Waals surface area contributed by atoms with Crippen LogP contribution in [0.5, 0.6) is 5.75 Å². The second-order valence-electron chi connectivity index (χ2n) is 5.27. The molecule has 0 unspecified atom stereocenters. The lowest BCUT2D eigenvalue weighted by Crippen LogP contribution is -2.30. The van der Waals surface area contributed by atoms with Crippen molar-refractivity contribution in [3.8, 4) is 5.75 Å². The minimum atomic E-state index is -2.85. The molecule has 0 saturated carbocycles. The number of amides is 2. The van der Waals surface area contributed by atoms with Crippen molar-refractivity contribution in [2.24, 2.45) is 0 Å². The Morgan fingerprint density at radius 2 is 1.92 bits per heavy atom. The van der Waals surface area contributed by atoms with Gasteiger partial charge in [0.1, 0.15) is 5.75 Å². The molecule has 0 saturated heterocycles. The molecule has 2 amide bonds. The highest BCUT2D eigenvalue weighted by Gasteiger charge is 2.11. The number of carbonyl (C=O) groups is 1. The first kappa shape index (κ1) is 18.2. The van der Waals surface area contributed by atoms with Crippen LogP contribution in [0.2, 0.25) is 0 Å². The molecule has 24 heavy (non-hydrogen) atoms. The van der Waals surface area contributed by atoms with Gasteiger partial charge in [-0.3, -0.25) is 0 Å². The molecule has 0 radical (unpaired) electrons. The number of hydrogen-bond donors (Lipinski definition) is 1. The van der Waals surface area contributed by atoms with E-state index in [1.165, 1.54) is 17.0 Å². The van der Waals surface area contributed by atoms with Gasteiger partial charge in [-0.2, -0.15) is 8.78 Å². The molecule has 128 valence electrons. The van der Waals surface area contributed by atoms with Gasteiger partial charge in [0.2, 0.25) is 0 Å². The Hall–Kier alpha value is -2.15. The SMILES string of the molecule is Cc1cc(NC(=O)N(C)Cc2ccc(OC(F)F)cc2)ccc1Br. The molecule has 0 aliphatic rings. The number of carbonyl (C=O) groups excluding carboxylic acids is 1. The molecule has 0 aliphatic carbocycles. The summed E-state index contributed by atoms with van der Waals surface area (Å²) in [5.74, 6) is 0.0891. The van der Waals surface area contributed by atoms with Crippen molar-refractivity contribution in [2.45, 2.75) is 20.1 Å². The molecular formula is C17H17BrF2N2O2. The molecule has 2 aromatic carbocycles. The van der Waals surface area contributed by atoms with E-state index in [2.05, 4.69) is 26.0 Å². The molecular weight excluding hydrogens is 382 g/mol. The predicted molar refractivity (Wildman–Crippen MR) is 92.4 cm³/mol. The number of benzene rings is 2. The van der Waals surface area contributed by atoms with Crippen LogP contribution in [0, 0.1) is 6.92 Å². The average molecular weight is 399 g/mol. The van der Waals surface area contributed by atoms with E-state index in [0.717, 1.165) is 15.6 Å². The van der Waals surface area contributed by atoms with E-state index < -0.39 is 6.61 Å². The van der Waals surface area contributed by atoms with E-state index in [4.69, 9.17) is 0 Å². The molecule has 0 spiro atoms. The Morgan fingerprint density at radius 3 is 2.50 bits per heavy atom. The summed E-state index contributed by atoms with van der Waals surface area (Å²) in [5, 5.41) is 2.81. The third-order valence-electron chi connectivity index (χ3n) is 3.32. The zero-order valence-corrected chi connectivity index (χ0v) is 14.8. The number of anilines is 1. The van der Waals surface area contributed by atoms with E-state index in [1.54, 1.807) is 25.2 Å². The normalized spacial score (nSPS) is 10.6. The molecule has 4 nitrogen and oxygen atoms in total. The molecule has 0 fully saturated rings. The summed E-state index contributed by atoms with van der Waals surface area (Å²) in [4.78, 5) is 13.7. The molecule has 0 atom stereocenters. The summed E-state index contributed by atoms with van der Waals surface area (Å²) in [5.41, 5.74) is 2.53. The lowest BCUT2D eigenvalue weighted by Gasteiger charge is -2.18. The van der Waals surface area contributed by atoms with E-state index in [-0.39, 0.29) is 11.8 Å². The van der Waals surface area contributed by atoms with Crippen LogP contribution in [0.25, 0.3) is 0 Å². The van der Waals surface area contributed by atoms with Crippen LogP contribution in [0.1, 0.15) is 11.1 Å². The molecule has 0 aromatic heterocycles. The number of aryl methyl sites for hydroxylation is 1. The smallest absolute Gasteiger partial charge is 0.387 e. The van der Waals surface area contributed by atoms with Gasteiger partial charge in [0.05, 0.1) is 0 Å². The summed E-state index contributed by atoms with van der Waals surface area (Å²) in [6.45, 7) is -0.568. The molecule has 2 rings (SSSR count). The van der Waals surface area contributed by atoms with Crippen LogP contribution in [0.15, 0.2) is 46.9 Å². The highest BCUT2D eigenvalue weighted by atomic mass is 79.9. The van der Waals surface area contributed by atoms with Crippen molar-refractivity contribution in [1.82, 2.24) is 4.90 Å². The van der Waals surface area contributed by atoms with Crippen LogP contribution in [0.4, 0.5) is 19.3 Å². The van der Waals surface area contributed by atoms with Crippen molar-refractivity contribution in [3.05, 3.63) is 58.1 Å². The molecule has 0 heterocycles. The second kappa shape index (κ2) is 8.10. The van der Waals surface area contributed by atoms with Gasteiger partial charge in [0.25, 0.3) is 0 Å². The number of urea groups is 1. The molecule has 2 aromatic rings. The van der Waals surface area contributed by atoms with E-state index in [0.29, 0.717) is 12.2 Å². The summed E-state index contributed by atoms with van der Waals surface area (Å²) in [6, 6.07) is 11.5. The average Bonchev–Trinajstić information content (AvgIpc) is 2.52. The standard InChI is InChI=1S/C17H17BrF2N2O2/c1-11-9-13(5-8-15(11)18)21-17(23)22(2)10-12-3-6-14(7-4-12)24-16(19)20/h3-9,16H,10H2,1-2H3,(H,21,23). The van der Waals surface area contributed by atoms with Crippen molar-refractivity contribution >= 4 is 27.6 Å². The fourth-order valence-corrected chi connectivity index (χ4v) is 2.31. The molecule has 0 aliphatic heterocycles. The van der Waals surface area contributed by atoms with Crippen molar-refractivity contribution < 1.29 is 18.3 Å². The van der Waals surface area contributed by atoms with Gasteiger partial charge in [-0.15, -0.1) is 0 Å². The quantitative estimate of drug-likeness (QED) is 0.767. The summed E-state index contributed by atoms with van der Waals surface area (Å²) in [6.07, 6.45) is 0. The highest BCUT2D eigenvalue weighted by Crippen LogP contribution is 2.20. The fraction of sp³-hybridized carbons (Fsp3) is 0.235. The Labute approximate surface area is 147 Å². The second-order valence-corrected chi connectivity index (χ2v) is 6.13. The maximum absolute atomic E-state index is 12.2. The minimum absolute atomic E-state index is 0.0891. The third kappa shape index (κ3) is 5.19. The van der Waals surface area contributed by atoms with E-state index in [1.807, 2.05) is 19.1 Å². The first-order valence-electron chi connectivity index (χ1n) is 7.17. The van der Waals surface area contributed by atoms with Crippen molar-refractivity contribution in [3.63, 3.8) is 0 Å². The number of halogens is 3. The maximum atomic E-state index is 12.2. The fourth-order valence-electron chi connectivity index (χ4n) is 2.06. The minimum Gasteiger partial charge on any atom is -0.435 e. The number of rotatable bonds is 5. The Balaban J connectivity index is 1.94. The first-order valence-corrected chi connectivity index (χ1v) is 7.96. The van der Waals surface area contributed by atoms with Crippen LogP contribution >= 0.6 is 15.9 Å². The molecule has 1 N–H and O–H groups in total. The predicted octanol–water partition coefficient (Wildman–Crippen LogP) is 5.02. The third-order valence-corrected chi connectivity index (χ3v) is 4.21. The number of nitrogens with zero attached hydrogens (tertiary/aromatic N) is 1.